The van der Waals surface area contributed by atoms with Gasteiger partial charge in [0.1, 0.15) is 4.90 Å². The van der Waals surface area contributed by atoms with Crippen LogP contribution in [0.4, 0.5) is 0 Å². The lowest BCUT2D eigenvalue weighted by Crippen LogP contribution is -2.16. The van der Waals surface area contributed by atoms with Crippen LogP contribution in [-0.2, 0) is 19.9 Å². The molecule has 6 nitrogen and oxygen atoms in total. The normalized spacial score (nSPS) is 12.1. The van der Waals surface area contributed by atoms with Crippen molar-refractivity contribution in [2.45, 2.75) is 35.5 Å². The van der Waals surface area contributed by atoms with Gasteiger partial charge in [-0.1, -0.05) is 60.2 Å². The molecule has 1 aromatic heterocycles. The molecule has 0 saturated heterocycles. The highest BCUT2D eigenvalue weighted by Gasteiger charge is 2.31. The monoisotopic (exact) mass is 466 g/mol. The SMILES string of the molecule is Cc1ccc(S(=O)(=O)c2c(C)nn(S(=O)(=O)c3ccc(-c4ccccc4)cc3)c2C)cc1. The third kappa shape index (κ3) is 3.76. The van der Waals surface area contributed by atoms with Gasteiger partial charge in [-0.05, 0) is 56.2 Å². The van der Waals surface area contributed by atoms with Crippen LogP contribution in [-0.4, -0.2) is 26.0 Å². The van der Waals surface area contributed by atoms with Crippen molar-refractivity contribution < 1.29 is 16.8 Å². The van der Waals surface area contributed by atoms with Crippen LogP contribution in [0.5, 0.6) is 0 Å². The standard InChI is InChI=1S/C24H22N2O4S2/c1-17-9-13-22(14-10-17)31(27,28)24-18(2)25-26(19(24)3)32(29,30)23-15-11-21(12-16-23)20-7-5-4-6-8-20/h4-16H,1-3H3. The van der Waals surface area contributed by atoms with Gasteiger partial charge in [0, 0.05) is 0 Å². The topological polar surface area (TPSA) is 86.1 Å². The highest BCUT2D eigenvalue weighted by Crippen LogP contribution is 2.29. The van der Waals surface area contributed by atoms with E-state index in [-0.39, 0.29) is 26.1 Å². The van der Waals surface area contributed by atoms with E-state index >= 15 is 0 Å². The molecule has 164 valence electrons. The van der Waals surface area contributed by atoms with Crippen LogP contribution in [0.1, 0.15) is 17.0 Å². The van der Waals surface area contributed by atoms with E-state index in [9.17, 15) is 16.8 Å². The van der Waals surface area contributed by atoms with E-state index in [1.165, 1.54) is 38.1 Å². The maximum absolute atomic E-state index is 13.3. The average Bonchev–Trinajstić information content (AvgIpc) is 3.10. The average molecular weight is 467 g/mol. The molecular weight excluding hydrogens is 444 g/mol. The number of nitrogens with zero attached hydrogens (tertiary/aromatic N) is 2. The minimum absolute atomic E-state index is 0.0297. The van der Waals surface area contributed by atoms with E-state index < -0.39 is 19.9 Å². The predicted octanol–water partition coefficient (Wildman–Crippen LogP) is 4.55. The molecule has 0 aliphatic rings. The van der Waals surface area contributed by atoms with E-state index in [0.717, 1.165) is 20.8 Å². The molecule has 0 bridgehead atoms. The van der Waals surface area contributed by atoms with Crippen LogP contribution in [0.2, 0.25) is 0 Å². The molecule has 0 unspecified atom stereocenters. The molecule has 4 aromatic rings. The third-order valence-electron chi connectivity index (χ3n) is 5.27. The molecule has 0 aliphatic carbocycles. The van der Waals surface area contributed by atoms with Crippen molar-refractivity contribution in [1.29, 1.82) is 0 Å². The zero-order chi connectivity index (χ0) is 23.1. The zero-order valence-electron chi connectivity index (χ0n) is 17.8. The predicted molar refractivity (Wildman–Crippen MR) is 123 cm³/mol. The number of hydrogen-bond acceptors (Lipinski definition) is 5. The Morgan fingerprint density at radius 2 is 1.19 bits per heavy atom. The first-order chi connectivity index (χ1) is 15.1. The number of aromatic nitrogens is 2. The Balaban J connectivity index is 1.77. The molecule has 1 heterocycles. The number of aryl methyl sites for hydroxylation is 2. The van der Waals surface area contributed by atoms with Crippen molar-refractivity contribution >= 4 is 19.9 Å². The quantitative estimate of drug-likeness (QED) is 0.431. The van der Waals surface area contributed by atoms with Crippen molar-refractivity contribution in [2.75, 3.05) is 0 Å². The largest absolute Gasteiger partial charge is 0.283 e. The second-order valence-corrected chi connectivity index (χ2v) is 11.2. The van der Waals surface area contributed by atoms with Crippen molar-refractivity contribution in [1.82, 2.24) is 9.19 Å². The Morgan fingerprint density at radius 3 is 1.78 bits per heavy atom. The molecule has 0 amide bonds. The van der Waals surface area contributed by atoms with Gasteiger partial charge in [-0.15, -0.1) is 0 Å². The van der Waals surface area contributed by atoms with Crippen molar-refractivity contribution in [3.8, 4) is 11.1 Å². The van der Waals surface area contributed by atoms with Gasteiger partial charge < -0.3 is 0 Å². The number of sulfone groups is 1. The van der Waals surface area contributed by atoms with Gasteiger partial charge in [0.2, 0.25) is 9.84 Å². The Hall–Kier alpha value is -3.23. The molecule has 8 heteroatoms. The fourth-order valence-corrected chi connectivity index (χ4v) is 6.67. The first-order valence-corrected chi connectivity index (χ1v) is 12.8. The van der Waals surface area contributed by atoms with E-state index in [0.29, 0.717) is 0 Å². The minimum atomic E-state index is -4.08. The molecule has 0 saturated carbocycles. The van der Waals surface area contributed by atoms with Gasteiger partial charge in [-0.2, -0.15) is 17.6 Å². The molecule has 0 atom stereocenters. The number of hydrogen-bond donors (Lipinski definition) is 0. The van der Waals surface area contributed by atoms with Crippen LogP contribution in [0, 0.1) is 20.8 Å². The van der Waals surface area contributed by atoms with Gasteiger partial charge in [0.25, 0.3) is 10.0 Å². The van der Waals surface area contributed by atoms with E-state index in [2.05, 4.69) is 5.10 Å². The van der Waals surface area contributed by atoms with Gasteiger partial charge >= 0.3 is 0 Å². The van der Waals surface area contributed by atoms with Crippen molar-refractivity contribution in [2.24, 2.45) is 0 Å². The number of rotatable bonds is 5. The van der Waals surface area contributed by atoms with Crippen LogP contribution < -0.4 is 0 Å². The maximum atomic E-state index is 13.3. The summed E-state index contributed by atoms with van der Waals surface area (Å²) in [6, 6.07) is 22.5. The van der Waals surface area contributed by atoms with Crippen LogP contribution in [0.15, 0.2) is 93.5 Å². The lowest BCUT2D eigenvalue weighted by Gasteiger charge is -2.09. The van der Waals surface area contributed by atoms with Crippen molar-refractivity contribution in [3.05, 3.63) is 95.8 Å². The molecule has 0 radical (unpaired) electrons. The second kappa shape index (κ2) is 8.03. The molecule has 0 N–H and O–H groups in total. The Kier molecular flexibility index (Phi) is 5.52. The Bertz CT molecular complexity index is 1490. The summed E-state index contributed by atoms with van der Waals surface area (Å²) < 4.78 is 53.8. The molecule has 3 aromatic carbocycles. The molecule has 0 fully saturated rings. The first kappa shape index (κ1) is 22.0. The summed E-state index contributed by atoms with van der Waals surface area (Å²) in [4.78, 5) is 0.0337. The van der Waals surface area contributed by atoms with Crippen molar-refractivity contribution in [3.63, 3.8) is 0 Å². The summed E-state index contributed by atoms with van der Waals surface area (Å²) in [7, 11) is -8.01. The summed E-state index contributed by atoms with van der Waals surface area (Å²) in [5.41, 5.74) is 2.95. The zero-order valence-corrected chi connectivity index (χ0v) is 19.5. The Morgan fingerprint density at radius 1 is 0.656 bits per heavy atom. The second-order valence-electron chi connectivity index (χ2n) is 7.55. The van der Waals surface area contributed by atoms with Gasteiger partial charge in [0.05, 0.1) is 21.2 Å². The first-order valence-electron chi connectivity index (χ1n) is 9.91. The number of benzene rings is 3. The maximum Gasteiger partial charge on any atom is 0.283 e. The van der Waals surface area contributed by atoms with Crippen LogP contribution >= 0.6 is 0 Å². The highest BCUT2D eigenvalue weighted by molar-refractivity contribution is 7.92. The van der Waals surface area contributed by atoms with E-state index in [4.69, 9.17) is 0 Å². The summed E-state index contributed by atoms with van der Waals surface area (Å²) in [6.07, 6.45) is 0. The molecular formula is C24H22N2O4S2. The fourth-order valence-electron chi connectivity index (χ4n) is 3.61. The van der Waals surface area contributed by atoms with E-state index in [1.54, 1.807) is 24.3 Å². The molecule has 4 rings (SSSR count). The van der Waals surface area contributed by atoms with E-state index in [1.807, 2.05) is 37.3 Å². The summed E-state index contributed by atoms with van der Waals surface area (Å²) in [5, 5.41) is 4.10. The smallest absolute Gasteiger partial charge is 0.218 e. The lowest BCUT2D eigenvalue weighted by molar-refractivity contribution is 0.577. The molecule has 32 heavy (non-hydrogen) atoms. The van der Waals surface area contributed by atoms with Crippen LogP contribution in [0.3, 0.4) is 0 Å². The summed E-state index contributed by atoms with van der Waals surface area (Å²) in [5.74, 6) is 0. The summed E-state index contributed by atoms with van der Waals surface area (Å²) >= 11 is 0. The minimum Gasteiger partial charge on any atom is -0.218 e. The van der Waals surface area contributed by atoms with Gasteiger partial charge in [-0.3, -0.25) is 0 Å². The van der Waals surface area contributed by atoms with Gasteiger partial charge in [-0.25, -0.2) is 8.42 Å². The molecule has 0 aliphatic heterocycles. The third-order valence-corrected chi connectivity index (χ3v) is 8.97. The lowest BCUT2D eigenvalue weighted by atomic mass is 10.1. The Labute approximate surface area is 188 Å². The fraction of sp³-hybridized carbons (Fsp3) is 0.125. The molecule has 0 spiro atoms. The highest BCUT2D eigenvalue weighted by atomic mass is 32.2. The van der Waals surface area contributed by atoms with Crippen LogP contribution in [0.25, 0.3) is 11.1 Å². The van der Waals surface area contributed by atoms with Gasteiger partial charge in [0.15, 0.2) is 0 Å². The summed E-state index contributed by atoms with van der Waals surface area (Å²) in [6.45, 7) is 4.82.